The molecule has 5 nitrogen and oxygen atoms in total. The Morgan fingerprint density at radius 3 is 2.56 bits per heavy atom. The number of rotatable bonds is 5. The first kappa shape index (κ1) is 17.8. The van der Waals surface area contributed by atoms with E-state index in [9.17, 15) is 10.0 Å². The van der Waals surface area contributed by atoms with E-state index in [1.54, 1.807) is 12.1 Å². The molecule has 0 saturated carbocycles. The van der Waals surface area contributed by atoms with Crippen molar-refractivity contribution in [3.63, 3.8) is 0 Å². The van der Waals surface area contributed by atoms with Crippen LogP contribution in [0, 0.1) is 5.21 Å². The third-order valence-electron chi connectivity index (χ3n) is 4.51. The molecule has 0 unspecified atom stereocenters. The van der Waals surface area contributed by atoms with Crippen molar-refractivity contribution in [2.24, 2.45) is 0 Å². The minimum atomic E-state index is -0.252. The Labute approximate surface area is 152 Å². The van der Waals surface area contributed by atoms with Gasteiger partial charge in [-0.3, -0.25) is 4.79 Å². The van der Waals surface area contributed by atoms with Crippen molar-refractivity contribution >= 4 is 17.7 Å². The molecule has 25 heavy (non-hydrogen) atoms. The number of amides is 1. The van der Waals surface area contributed by atoms with Crippen LogP contribution in [0.25, 0.3) is 0 Å². The normalized spacial score (nSPS) is 16.6. The molecule has 1 amide bonds. The summed E-state index contributed by atoms with van der Waals surface area (Å²) in [4.78, 5) is 16.1. The topological polar surface area (TPSA) is 51.7 Å². The summed E-state index contributed by atoms with van der Waals surface area (Å²) in [6, 6.07) is 15.7. The molecule has 2 aromatic rings. The molecular formula is C19H24N3O2S+. The van der Waals surface area contributed by atoms with Gasteiger partial charge in [0.05, 0.1) is 31.4 Å². The fourth-order valence-corrected chi connectivity index (χ4v) is 4.03. The number of pyridine rings is 1. The smallest absolute Gasteiger partial charge is 0.252 e. The number of hydrogen-bond acceptors (Lipinski definition) is 3. The highest BCUT2D eigenvalue weighted by Crippen LogP contribution is 2.21. The van der Waals surface area contributed by atoms with Gasteiger partial charge >= 0.3 is 0 Å². The molecule has 1 aromatic carbocycles. The summed E-state index contributed by atoms with van der Waals surface area (Å²) in [5, 5.41) is 12.1. The number of hydrogen-bond donors (Lipinski definition) is 1. The van der Waals surface area contributed by atoms with Gasteiger partial charge in [0.1, 0.15) is 6.54 Å². The molecule has 1 N–H and O–H groups in total. The predicted octanol–water partition coefficient (Wildman–Crippen LogP) is 0.728. The molecule has 0 radical (unpaired) electrons. The largest absolute Gasteiger partial charge is 0.618 e. The fourth-order valence-electron chi connectivity index (χ4n) is 3.10. The molecule has 1 atom stereocenters. The van der Waals surface area contributed by atoms with Crippen molar-refractivity contribution in [1.82, 2.24) is 4.90 Å². The van der Waals surface area contributed by atoms with E-state index in [-0.39, 0.29) is 11.2 Å². The van der Waals surface area contributed by atoms with Crippen LogP contribution in [0.3, 0.4) is 0 Å². The minimum absolute atomic E-state index is 0.118. The van der Waals surface area contributed by atoms with Crippen LogP contribution in [-0.2, 0) is 11.3 Å². The molecule has 132 valence electrons. The highest BCUT2D eigenvalue weighted by Gasteiger charge is 2.28. The van der Waals surface area contributed by atoms with E-state index in [0.29, 0.717) is 5.03 Å². The second-order valence-electron chi connectivity index (χ2n) is 6.36. The summed E-state index contributed by atoms with van der Waals surface area (Å²) in [5.74, 6) is 0.118. The molecule has 1 fully saturated rings. The van der Waals surface area contributed by atoms with Crippen molar-refractivity contribution in [3.8, 4) is 0 Å². The molecule has 1 aliphatic rings. The zero-order valence-corrected chi connectivity index (χ0v) is 15.2. The maximum atomic E-state index is 12.7. The van der Waals surface area contributed by atoms with E-state index < -0.39 is 0 Å². The van der Waals surface area contributed by atoms with E-state index in [1.165, 1.54) is 28.4 Å². The van der Waals surface area contributed by atoms with Crippen LogP contribution in [0.5, 0.6) is 0 Å². The number of nitrogens with zero attached hydrogens (tertiary/aromatic N) is 2. The van der Waals surface area contributed by atoms with Gasteiger partial charge in [-0.2, -0.15) is 4.73 Å². The van der Waals surface area contributed by atoms with Crippen LogP contribution in [0.4, 0.5) is 0 Å². The summed E-state index contributed by atoms with van der Waals surface area (Å²) in [5.41, 5.74) is 1.34. The number of thioether (sulfide) groups is 1. The van der Waals surface area contributed by atoms with Crippen LogP contribution in [0.1, 0.15) is 12.5 Å². The predicted molar refractivity (Wildman–Crippen MR) is 98.1 cm³/mol. The monoisotopic (exact) mass is 358 g/mol. The second-order valence-corrected chi connectivity index (χ2v) is 7.72. The molecule has 1 saturated heterocycles. The van der Waals surface area contributed by atoms with E-state index in [4.69, 9.17) is 0 Å². The maximum absolute atomic E-state index is 12.7. The highest BCUT2D eigenvalue weighted by molar-refractivity contribution is 8.00. The molecule has 0 aliphatic carbocycles. The van der Waals surface area contributed by atoms with Crippen molar-refractivity contribution in [2.75, 3.05) is 26.2 Å². The number of benzene rings is 1. The Kier molecular flexibility index (Phi) is 5.94. The van der Waals surface area contributed by atoms with E-state index >= 15 is 0 Å². The van der Waals surface area contributed by atoms with E-state index in [2.05, 4.69) is 24.3 Å². The van der Waals surface area contributed by atoms with Crippen molar-refractivity contribution in [3.05, 3.63) is 65.5 Å². The standard InChI is InChI=1S/C19H23N3O2S/c1-16(25-18-9-5-6-10-22(18)24)19(23)21-13-11-20(12-14-21)15-17-7-3-2-4-8-17/h2-10,16H,11-15H2,1H3/p+1/t16-/m0/s1. The maximum Gasteiger partial charge on any atom is 0.252 e. The number of nitrogens with one attached hydrogen (secondary N) is 1. The van der Waals surface area contributed by atoms with Crippen LogP contribution < -0.4 is 9.63 Å². The lowest BCUT2D eigenvalue weighted by Crippen LogP contribution is -3.13. The number of aromatic nitrogens is 1. The Balaban J connectivity index is 1.50. The van der Waals surface area contributed by atoms with Crippen LogP contribution >= 0.6 is 11.8 Å². The molecule has 1 aliphatic heterocycles. The number of carbonyl (C=O) groups is 1. The highest BCUT2D eigenvalue weighted by atomic mass is 32.2. The zero-order chi connectivity index (χ0) is 17.6. The first-order valence-electron chi connectivity index (χ1n) is 8.64. The van der Waals surface area contributed by atoms with Gasteiger partial charge in [0.2, 0.25) is 5.91 Å². The Morgan fingerprint density at radius 2 is 1.88 bits per heavy atom. The molecule has 3 rings (SSSR count). The lowest BCUT2D eigenvalue weighted by molar-refractivity contribution is -0.917. The van der Waals surface area contributed by atoms with Crippen LogP contribution in [0.2, 0.25) is 0 Å². The Hall–Kier alpha value is -2.05. The molecule has 2 heterocycles. The quantitative estimate of drug-likeness (QED) is 0.487. The fraction of sp³-hybridized carbons (Fsp3) is 0.368. The first-order chi connectivity index (χ1) is 12.1. The summed E-state index contributed by atoms with van der Waals surface area (Å²) in [6.45, 7) is 6.36. The van der Waals surface area contributed by atoms with Gasteiger partial charge in [0.15, 0.2) is 6.20 Å². The lowest BCUT2D eigenvalue weighted by atomic mass is 10.2. The van der Waals surface area contributed by atoms with Gasteiger partial charge < -0.3 is 15.0 Å². The van der Waals surface area contributed by atoms with Crippen LogP contribution in [-0.4, -0.2) is 42.2 Å². The Morgan fingerprint density at radius 1 is 1.20 bits per heavy atom. The van der Waals surface area contributed by atoms with Gasteiger partial charge in [-0.1, -0.05) is 30.3 Å². The van der Waals surface area contributed by atoms with Gasteiger partial charge in [0.25, 0.3) is 5.03 Å². The molecule has 1 aromatic heterocycles. The van der Waals surface area contributed by atoms with Gasteiger partial charge in [0, 0.05) is 17.7 Å². The van der Waals surface area contributed by atoms with Gasteiger partial charge in [-0.15, -0.1) is 0 Å². The lowest BCUT2D eigenvalue weighted by Gasteiger charge is -2.33. The third kappa shape index (κ3) is 4.74. The molecule has 0 spiro atoms. The van der Waals surface area contributed by atoms with E-state index in [0.717, 1.165) is 37.5 Å². The molecular weight excluding hydrogens is 334 g/mol. The average molecular weight is 358 g/mol. The molecule has 6 heteroatoms. The van der Waals surface area contributed by atoms with Crippen molar-refractivity contribution in [2.45, 2.75) is 23.7 Å². The van der Waals surface area contributed by atoms with E-state index in [1.807, 2.05) is 24.0 Å². The average Bonchev–Trinajstić information content (AvgIpc) is 2.64. The first-order valence-corrected chi connectivity index (χ1v) is 9.52. The third-order valence-corrected chi connectivity index (χ3v) is 5.63. The summed E-state index contributed by atoms with van der Waals surface area (Å²) >= 11 is 1.33. The minimum Gasteiger partial charge on any atom is -0.618 e. The number of carbonyl (C=O) groups excluding carboxylic acids is 1. The number of quaternary nitrogens is 1. The van der Waals surface area contributed by atoms with Crippen molar-refractivity contribution in [1.29, 1.82) is 0 Å². The Bertz CT molecular complexity index is 703. The summed E-state index contributed by atoms with van der Waals surface area (Å²) in [7, 11) is 0. The number of piperazine rings is 1. The summed E-state index contributed by atoms with van der Waals surface area (Å²) in [6.07, 6.45) is 1.46. The zero-order valence-electron chi connectivity index (χ0n) is 14.4. The van der Waals surface area contributed by atoms with Crippen molar-refractivity contribution < 1.29 is 14.4 Å². The van der Waals surface area contributed by atoms with Crippen LogP contribution in [0.15, 0.2) is 59.8 Å². The summed E-state index contributed by atoms with van der Waals surface area (Å²) < 4.78 is 0.816. The van der Waals surface area contributed by atoms with Gasteiger partial charge in [-0.05, 0) is 24.8 Å². The SMILES string of the molecule is C[C@H](Sc1cccc[n+]1[O-])C(=O)N1CC[NH+](Cc2ccccc2)CC1. The second kappa shape index (κ2) is 8.36. The van der Waals surface area contributed by atoms with Gasteiger partial charge in [-0.25, -0.2) is 0 Å². The molecule has 0 bridgehead atoms.